The van der Waals surface area contributed by atoms with Crippen LogP contribution >= 0.6 is 0 Å². The van der Waals surface area contributed by atoms with Gasteiger partial charge in [0.25, 0.3) is 0 Å². The molecule has 1 aliphatic carbocycles. The zero-order valence-corrected chi connectivity index (χ0v) is 10.1. The molecule has 1 fully saturated rings. The second-order valence-electron chi connectivity index (χ2n) is 4.80. The van der Waals surface area contributed by atoms with Gasteiger partial charge in [0.1, 0.15) is 0 Å². The zero-order chi connectivity index (χ0) is 10.1. The van der Waals surface area contributed by atoms with Crippen molar-refractivity contribution < 1.29 is 0 Å². The largest absolute Gasteiger partial charge is 0.0651 e. The van der Waals surface area contributed by atoms with E-state index >= 15 is 0 Å². The van der Waals surface area contributed by atoms with Crippen molar-refractivity contribution in [3.05, 3.63) is 0 Å². The molecule has 3 atom stereocenters. The molecule has 78 valence electrons. The summed E-state index contributed by atoms with van der Waals surface area (Å²) in [5.41, 5.74) is 0.734. The van der Waals surface area contributed by atoms with Crippen molar-refractivity contribution in [1.29, 1.82) is 0 Å². The highest BCUT2D eigenvalue weighted by Gasteiger charge is 2.62. The Morgan fingerprint density at radius 2 is 1.46 bits per heavy atom. The molecule has 0 spiro atoms. The van der Waals surface area contributed by atoms with Crippen LogP contribution in [0.2, 0.25) is 0 Å². The average molecular weight is 182 g/mol. The summed E-state index contributed by atoms with van der Waals surface area (Å²) in [6, 6.07) is 0. The molecule has 1 rings (SSSR count). The maximum Gasteiger partial charge on any atom is -0.0212 e. The van der Waals surface area contributed by atoms with Gasteiger partial charge in [-0.15, -0.1) is 0 Å². The highest BCUT2D eigenvalue weighted by atomic mass is 14.7. The summed E-state index contributed by atoms with van der Waals surface area (Å²) in [5, 5.41) is 0. The fourth-order valence-corrected chi connectivity index (χ4v) is 3.94. The van der Waals surface area contributed by atoms with Crippen LogP contribution in [-0.4, -0.2) is 0 Å². The van der Waals surface area contributed by atoms with Crippen molar-refractivity contribution >= 4 is 0 Å². The van der Waals surface area contributed by atoms with E-state index in [1.54, 1.807) is 0 Å². The van der Waals surface area contributed by atoms with Gasteiger partial charge in [-0.3, -0.25) is 0 Å². The first kappa shape index (κ1) is 11.1. The van der Waals surface area contributed by atoms with Crippen LogP contribution in [-0.2, 0) is 0 Å². The van der Waals surface area contributed by atoms with E-state index in [2.05, 4.69) is 34.6 Å². The molecular formula is C13H26. The molecule has 3 unspecified atom stereocenters. The van der Waals surface area contributed by atoms with E-state index in [0.29, 0.717) is 0 Å². The molecule has 0 heteroatoms. The molecule has 0 radical (unpaired) electrons. The standard InChI is InChI=1S/C13H26/c1-6-10(5)13(9-4)11(7-2)12(13)8-3/h10-12H,6-9H2,1-5H3. The van der Waals surface area contributed by atoms with Crippen LogP contribution in [0.1, 0.15) is 60.3 Å². The van der Waals surface area contributed by atoms with Gasteiger partial charge in [0.15, 0.2) is 0 Å². The summed E-state index contributed by atoms with van der Waals surface area (Å²) in [6.07, 6.45) is 5.56. The fraction of sp³-hybridized carbons (Fsp3) is 1.00. The number of hydrogen-bond donors (Lipinski definition) is 0. The topological polar surface area (TPSA) is 0 Å². The van der Waals surface area contributed by atoms with Gasteiger partial charge in [0.05, 0.1) is 0 Å². The third kappa shape index (κ3) is 1.43. The maximum atomic E-state index is 2.46. The van der Waals surface area contributed by atoms with E-state index in [-0.39, 0.29) is 0 Å². The summed E-state index contributed by atoms with van der Waals surface area (Å²) in [5.74, 6) is 3.02. The maximum absolute atomic E-state index is 2.46. The van der Waals surface area contributed by atoms with Gasteiger partial charge < -0.3 is 0 Å². The predicted molar refractivity (Wildman–Crippen MR) is 59.7 cm³/mol. The van der Waals surface area contributed by atoms with Crippen LogP contribution in [0.3, 0.4) is 0 Å². The van der Waals surface area contributed by atoms with Gasteiger partial charge >= 0.3 is 0 Å². The molecule has 0 amide bonds. The molecule has 0 heterocycles. The Labute approximate surface area is 84.1 Å². The summed E-state index contributed by atoms with van der Waals surface area (Å²) in [7, 11) is 0. The van der Waals surface area contributed by atoms with Crippen molar-refractivity contribution in [3.63, 3.8) is 0 Å². The molecular weight excluding hydrogens is 156 g/mol. The highest BCUT2D eigenvalue weighted by Crippen LogP contribution is 2.68. The smallest absolute Gasteiger partial charge is 0.0212 e. The molecule has 0 aromatic heterocycles. The fourth-order valence-electron chi connectivity index (χ4n) is 3.94. The van der Waals surface area contributed by atoms with Crippen molar-refractivity contribution in [2.75, 3.05) is 0 Å². The molecule has 0 aromatic rings. The molecule has 1 saturated carbocycles. The van der Waals surface area contributed by atoms with Gasteiger partial charge in [-0.1, -0.05) is 53.9 Å². The Morgan fingerprint density at radius 1 is 1.00 bits per heavy atom. The van der Waals surface area contributed by atoms with Crippen molar-refractivity contribution in [3.8, 4) is 0 Å². The molecule has 1 aliphatic rings. The molecule has 13 heavy (non-hydrogen) atoms. The van der Waals surface area contributed by atoms with Gasteiger partial charge in [-0.25, -0.2) is 0 Å². The van der Waals surface area contributed by atoms with Crippen LogP contribution in [0.4, 0.5) is 0 Å². The third-order valence-corrected chi connectivity index (χ3v) is 4.78. The van der Waals surface area contributed by atoms with Gasteiger partial charge in [0, 0.05) is 0 Å². The Bertz CT molecular complexity index is 149. The first-order valence-corrected chi connectivity index (χ1v) is 6.18. The first-order chi connectivity index (χ1) is 6.18. The lowest BCUT2D eigenvalue weighted by atomic mass is 9.82. The Balaban J connectivity index is 2.72. The normalized spacial score (nSPS) is 40.4. The minimum Gasteiger partial charge on any atom is -0.0651 e. The van der Waals surface area contributed by atoms with E-state index in [0.717, 1.165) is 23.2 Å². The van der Waals surface area contributed by atoms with Gasteiger partial charge in [0.2, 0.25) is 0 Å². The first-order valence-electron chi connectivity index (χ1n) is 6.18. The van der Waals surface area contributed by atoms with Gasteiger partial charge in [-0.05, 0) is 29.6 Å². The third-order valence-electron chi connectivity index (χ3n) is 4.78. The summed E-state index contributed by atoms with van der Waals surface area (Å²) < 4.78 is 0. The lowest BCUT2D eigenvalue weighted by Gasteiger charge is -2.23. The van der Waals surface area contributed by atoms with Crippen molar-refractivity contribution in [2.45, 2.75) is 60.3 Å². The van der Waals surface area contributed by atoms with E-state index in [4.69, 9.17) is 0 Å². The van der Waals surface area contributed by atoms with Crippen molar-refractivity contribution in [1.82, 2.24) is 0 Å². The van der Waals surface area contributed by atoms with Crippen LogP contribution in [0, 0.1) is 23.2 Å². The van der Waals surface area contributed by atoms with E-state index < -0.39 is 0 Å². The Kier molecular flexibility index (Phi) is 3.43. The Hall–Kier alpha value is 0. The molecule has 0 N–H and O–H groups in total. The number of hydrogen-bond acceptors (Lipinski definition) is 0. The van der Waals surface area contributed by atoms with Crippen LogP contribution < -0.4 is 0 Å². The second-order valence-corrected chi connectivity index (χ2v) is 4.80. The lowest BCUT2D eigenvalue weighted by molar-refractivity contribution is 0.261. The molecule has 0 aromatic carbocycles. The molecule has 0 aliphatic heterocycles. The minimum atomic E-state index is 0.734. The van der Waals surface area contributed by atoms with E-state index in [9.17, 15) is 0 Å². The van der Waals surface area contributed by atoms with Crippen LogP contribution in [0.25, 0.3) is 0 Å². The Morgan fingerprint density at radius 3 is 1.69 bits per heavy atom. The number of rotatable bonds is 5. The summed E-state index contributed by atoms with van der Waals surface area (Å²) in [6.45, 7) is 11.9. The lowest BCUT2D eigenvalue weighted by Crippen LogP contribution is -2.15. The molecule has 0 nitrogen and oxygen atoms in total. The molecule has 0 bridgehead atoms. The minimum absolute atomic E-state index is 0.734. The van der Waals surface area contributed by atoms with Crippen LogP contribution in [0.5, 0.6) is 0 Å². The zero-order valence-electron chi connectivity index (χ0n) is 10.1. The van der Waals surface area contributed by atoms with Crippen molar-refractivity contribution in [2.24, 2.45) is 23.2 Å². The highest BCUT2D eigenvalue weighted by molar-refractivity contribution is 5.10. The van der Waals surface area contributed by atoms with Gasteiger partial charge in [-0.2, -0.15) is 0 Å². The van der Waals surface area contributed by atoms with Crippen LogP contribution in [0.15, 0.2) is 0 Å². The summed E-state index contributed by atoms with van der Waals surface area (Å²) in [4.78, 5) is 0. The molecule has 0 saturated heterocycles. The SMILES string of the molecule is CCC(C)C1(CC)C(CC)C1CC. The average Bonchev–Trinajstić information content (AvgIpc) is 2.84. The summed E-state index contributed by atoms with van der Waals surface area (Å²) >= 11 is 0. The quantitative estimate of drug-likeness (QED) is 0.587. The van der Waals surface area contributed by atoms with E-state index in [1.165, 1.54) is 25.7 Å². The predicted octanol–water partition coefficient (Wildman–Crippen LogP) is 4.49. The second kappa shape index (κ2) is 4.02. The monoisotopic (exact) mass is 182 g/mol. The van der Waals surface area contributed by atoms with E-state index in [1.807, 2.05) is 0 Å².